The first kappa shape index (κ1) is 13.0. The Morgan fingerprint density at radius 3 is 2.90 bits per heavy atom. The lowest BCUT2D eigenvalue weighted by Gasteiger charge is -2.12. The molecule has 0 aromatic carbocycles. The molecule has 2 aromatic rings. The van der Waals surface area contributed by atoms with Crippen molar-refractivity contribution < 1.29 is 9.59 Å². The fourth-order valence-corrected chi connectivity index (χ4v) is 1.93. The van der Waals surface area contributed by atoms with Gasteiger partial charge in [-0.15, -0.1) is 5.10 Å². The van der Waals surface area contributed by atoms with E-state index in [9.17, 15) is 9.59 Å². The van der Waals surface area contributed by atoms with Gasteiger partial charge in [0.2, 0.25) is 0 Å². The summed E-state index contributed by atoms with van der Waals surface area (Å²) in [6.07, 6.45) is 5.02. The van der Waals surface area contributed by atoms with Crippen molar-refractivity contribution in [2.45, 2.75) is 6.54 Å². The molecule has 2 aromatic heterocycles. The van der Waals surface area contributed by atoms with Crippen molar-refractivity contribution >= 4 is 12.1 Å². The number of aromatic nitrogens is 4. The van der Waals surface area contributed by atoms with Gasteiger partial charge >= 0.3 is 12.1 Å². The molecular formula is C12H13N7O2. The second-order valence-corrected chi connectivity index (χ2v) is 4.40. The molecule has 3 rings (SSSR count). The molecular weight excluding hydrogens is 274 g/mol. The second-order valence-electron chi connectivity index (χ2n) is 4.40. The Bertz CT molecular complexity index is 655. The summed E-state index contributed by atoms with van der Waals surface area (Å²) in [6.45, 7) is 1.05. The summed E-state index contributed by atoms with van der Waals surface area (Å²) in [5, 5.41) is 13.1. The molecule has 1 aliphatic rings. The number of pyridine rings is 1. The molecule has 0 spiro atoms. The maximum atomic E-state index is 11.8. The first-order chi connectivity index (χ1) is 10.2. The van der Waals surface area contributed by atoms with Crippen LogP contribution in [0.15, 0.2) is 30.7 Å². The van der Waals surface area contributed by atoms with Crippen LogP contribution in [0.3, 0.4) is 0 Å². The number of carbonyl (C=O) groups excluding carboxylic acids is 2. The molecule has 108 valence electrons. The van der Waals surface area contributed by atoms with Crippen LogP contribution in [0.1, 0.15) is 5.69 Å². The standard InChI is InChI=1S/C12H13N7O2/c20-11-14-5-6-18(11)12(21)15-7-9-8-19(17-16-9)10-1-3-13-4-2-10/h1-4,8H,5-7H2,(H,14,20)(H,15,21). The highest BCUT2D eigenvalue weighted by atomic mass is 16.2. The zero-order valence-electron chi connectivity index (χ0n) is 11.1. The molecule has 21 heavy (non-hydrogen) atoms. The van der Waals surface area contributed by atoms with Crippen molar-refractivity contribution in [3.63, 3.8) is 0 Å². The lowest BCUT2D eigenvalue weighted by Crippen LogP contribution is -2.41. The van der Waals surface area contributed by atoms with Gasteiger partial charge in [0, 0.05) is 25.5 Å². The van der Waals surface area contributed by atoms with Gasteiger partial charge in [0.05, 0.1) is 18.4 Å². The van der Waals surface area contributed by atoms with E-state index >= 15 is 0 Å². The largest absolute Gasteiger partial charge is 0.336 e. The molecule has 4 amide bonds. The molecule has 9 nitrogen and oxygen atoms in total. The fraction of sp³-hybridized carbons (Fsp3) is 0.250. The molecule has 9 heteroatoms. The average molecular weight is 287 g/mol. The number of hydrogen-bond acceptors (Lipinski definition) is 5. The van der Waals surface area contributed by atoms with E-state index in [0.717, 1.165) is 10.6 Å². The van der Waals surface area contributed by atoms with E-state index in [1.54, 1.807) is 35.4 Å². The SMILES string of the molecule is O=C1NCCN1C(=O)NCc1cn(-c2ccncc2)nn1. The maximum absolute atomic E-state index is 11.8. The number of nitrogens with one attached hydrogen (secondary N) is 2. The van der Waals surface area contributed by atoms with Gasteiger partial charge < -0.3 is 10.6 Å². The molecule has 0 saturated carbocycles. The van der Waals surface area contributed by atoms with Gasteiger partial charge in [-0.3, -0.25) is 4.98 Å². The average Bonchev–Trinajstić information content (AvgIpc) is 3.15. The lowest BCUT2D eigenvalue weighted by molar-refractivity contribution is 0.198. The van der Waals surface area contributed by atoms with Crippen molar-refractivity contribution in [1.82, 2.24) is 35.5 Å². The minimum atomic E-state index is -0.441. The third kappa shape index (κ3) is 2.81. The first-order valence-electron chi connectivity index (χ1n) is 6.39. The van der Waals surface area contributed by atoms with E-state index in [1.165, 1.54) is 0 Å². The quantitative estimate of drug-likeness (QED) is 0.820. The highest BCUT2D eigenvalue weighted by Gasteiger charge is 2.25. The fourth-order valence-electron chi connectivity index (χ4n) is 1.93. The molecule has 0 unspecified atom stereocenters. The Hall–Kier alpha value is -2.97. The number of carbonyl (C=O) groups is 2. The number of nitrogens with zero attached hydrogens (tertiary/aromatic N) is 5. The van der Waals surface area contributed by atoms with Crippen LogP contribution in [-0.4, -0.2) is 50.0 Å². The van der Waals surface area contributed by atoms with Crippen molar-refractivity contribution in [1.29, 1.82) is 0 Å². The Kier molecular flexibility index (Phi) is 3.46. The predicted octanol–water partition coefficient (Wildman–Crippen LogP) is -0.103. The van der Waals surface area contributed by atoms with Crippen LogP contribution in [0.4, 0.5) is 9.59 Å². The Morgan fingerprint density at radius 1 is 1.38 bits per heavy atom. The van der Waals surface area contributed by atoms with E-state index in [2.05, 4.69) is 25.9 Å². The van der Waals surface area contributed by atoms with Gasteiger partial charge in [-0.25, -0.2) is 19.2 Å². The zero-order chi connectivity index (χ0) is 14.7. The summed E-state index contributed by atoms with van der Waals surface area (Å²) in [7, 11) is 0. The first-order valence-corrected chi connectivity index (χ1v) is 6.39. The summed E-state index contributed by atoms with van der Waals surface area (Å²) in [6, 6.07) is 2.77. The second kappa shape index (κ2) is 5.57. The van der Waals surface area contributed by atoms with Crippen molar-refractivity contribution in [2.75, 3.05) is 13.1 Å². The number of amides is 4. The Morgan fingerprint density at radius 2 is 2.19 bits per heavy atom. The highest BCUT2D eigenvalue weighted by Crippen LogP contribution is 2.04. The van der Waals surface area contributed by atoms with Crippen molar-refractivity contribution in [3.8, 4) is 5.69 Å². The molecule has 0 atom stereocenters. The topological polar surface area (TPSA) is 105 Å². The van der Waals surface area contributed by atoms with Crippen LogP contribution in [0.25, 0.3) is 5.69 Å². The van der Waals surface area contributed by atoms with Gasteiger partial charge in [0.15, 0.2) is 0 Å². The van der Waals surface area contributed by atoms with Gasteiger partial charge in [-0.05, 0) is 12.1 Å². The monoisotopic (exact) mass is 287 g/mol. The Balaban J connectivity index is 1.60. The predicted molar refractivity (Wildman–Crippen MR) is 71.5 cm³/mol. The van der Waals surface area contributed by atoms with E-state index in [4.69, 9.17) is 0 Å². The minimum Gasteiger partial charge on any atom is -0.336 e. The van der Waals surface area contributed by atoms with Crippen LogP contribution in [0.5, 0.6) is 0 Å². The Labute approximate surface area is 120 Å². The van der Waals surface area contributed by atoms with Crippen LogP contribution in [0.2, 0.25) is 0 Å². The summed E-state index contributed by atoms with van der Waals surface area (Å²) >= 11 is 0. The number of rotatable bonds is 3. The molecule has 2 N–H and O–H groups in total. The van der Waals surface area contributed by atoms with Gasteiger partial charge in [0.1, 0.15) is 5.69 Å². The van der Waals surface area contributed by atoms with E-state index in [0.29, 0.717) is 18.8 Å². The zero-order valence-corrected chi connectivity index (χ0v) is 11.1. The third-order valence-corrected chi connectivity index (χ3v) is 2.99. The summed E-state index contributed by atoms with van der Waals surface area (Å²) in [4.78, 5) is 28.2. The highest BCUT2D eigenvalue weighted by molar-refractivity contribution is 5.94. The number of hydrogen-bond donors (Lipinski definition) is 2. The molecule has 1 aliphatic heterocycles. The third-order valence-electron chi connectivity index (χ3n) is 2.99. The number of imide groups is 1. The molecule has 3 heterocycles. The maximum Gasteiger partial charge on any atom is 0.325 e. The van der Waals surface area contributed by atoms with Gasteiger partial charge in [-0.2, -0.15) is 0 Å². The van der Waals surface area contributed by atoms with Crippen molar-refractivity contribution in [3.05, 3.63) is 36.4 Å². The molecule has 1 fully saturated rings. The number of urea groups is 2. The van der Waals surface area contributed by atoms with E-state index in [1.807, 2.05) is 0 Å². The van der Waals surface area contributed by atoms with Crippen LogP contribution in [0, 0.1) is 0 Å². The van der Waals surface area contributed by atoms with Crippen LogP contribution >= 0.6 is 0 Å². The van der Waals surface area contributed by atoms with E-state index in [-0.39, 0.29) is 12.6 Å². The molecule has 0 radical (unpaired) electrons. The lowest BCUT2D eigenvalue weighted by atomic mass is 10.4. The smallest absolute Gasteiger partial charge is 0.325 e. The molecule has 1 saturated heterocycles. The van der Waals surface area contributed by atoms with E-state index < -0.39 is 6.03 Å². The minimum absolute atomic E-state index is 0.202. The van der Waals surface area contributed by atoms with Gasteiger partial charge in [0.25, 0.3) is 0 Å². The summed E-state index contributed by atoms with van der Waals surface area (Å²) in [5.41, 5.74) is 1.42. The van der Waals surface area contributed by atoms with Crippen LogP contribution < -0.4 is 10.6 Å². The molecule has 0 aliphatic carbocycles. The summed E-state index contributed by atoms with van der Waals surface area (Å²) in [5.74, 6) is 0. The normalized spacial score (nSPS) is 14.1. The summed E-state index contributed by atoms with van der Waals surface area (Å²) < 4.78 is 1.59. The van der Waals surface area contributed by atoms with Crippen molar-refractivity contribution in [2.24, 2.45) is 0 Å². The van der Waals surface area contributed by atoms with Crippen LogP contribution in [-0.2, 0) is 6.54 Å². The van der Waals surface area contributed by atoms with Gasteiger partial charge in [-0.1, -0.05) is 5.21 Å². The molecule has 0 bridgehead atoms.